The molecule has 0 N–H and O–H groups in total. The molecule has 0 aliphatic rings. The summed E-state index contributed by atoms with van der Waals surface area (Å²) in [7, 11) is 1.81. The molecule has 0 spiro atoms. The molecular formula is C15H35NO. The van der Waals surface area contributed by atoms with Gasteiger partial charge in [0.1, 0.15) is 0 Å². The minimum Gasteiger partial charge on any atom is -0.384 e. The second-order valence-corrected chi connectivity index (χ2v) is 4.61. The topological polar surface area (TPSA) is 12.5 Å². The van der Waals surface area contributed by atoms with Crippen molar-refractivity contribution >= 4 is 0 Å². The van der Waals surface area contributed by atoms with Gasteiger partial charge in [-0.1, -0.05) is 47.5 Å². The molecule has 0 aromatic heterocycles. The van der Waals surface area contributed by atoms with Gasteiger partial charge in [0.15, 0.2) is 0 Å². The van der Waals surface area contributed by atoms with Gasteiger partial charge in [-0.3, -0.25) is 0 Å². The zero-order chi connectivity index (χ0) is 12.2. The second-order valence-electron chi connectivity index (χ2n) is 4.61. The molecule has 0 aliphatic carbocycles. The van der Waals surface area contributed by atoms with E-state index in [1.54, 1.807) is 0 Å². The lowest BCUT2D eigenvalue weighted by molar-refractivity contribution is 0.144. The zero-order valence-corrected chi connectivity index (χ0v) is 11.8. The summed E-state index contributed by atoms with van der Waals surface area (Å²) in [6.07, 6.45) is 6.68. The molecule has 0 radical (unpaired) electrons. The first-order valence-corrected chi connectivity index (χ1v) is 6.99. The number of nitrogens with zero attached hydrogens (tertiary/aromatic N) is 1. The molecule has 2 nitrogen and oxygen atoms in total. The summed E-state index contributed by atoms with van der Waals surface area (Å²) in [6.45, 7) is 11.3. The van der Waals surface area contributed by atoms with Crippen molar-refractivity contribution < 1.29 is 4.74 Å². The minimum atomic E-state index is 0. The number of hydrogen-bond acceptors (Lipinski definition) is 2. The van der Waals surface area contributed by atoms with Crippen LogP contribution in [-0.2, 0) is 4.74 Å². The van der Waals surface area contributed by atoms with E-state index in [-0.39, 0.29) is 7.43 Å². The molecule has 0 aliphatic heterocycles. The first-order valence-electron chi connectivity index (χ1n) is 6.99. The van der Waals surface area contributed by atoms with Crippen LogP contribution in [0.1, 0.15) is 60.3 Å². The number of methoxy groups -OCH3 is 1. The monoisotopic (exact) mass is 245 g/mol. The zero-order valence-electron chi connectivity index (χ0n) is 11.8. The van der Waals surface area contributed by atoms with Crippen LogP contribution in [0.2, 0.25) is 0 Å². The van der Waals surface area contributed by atoms with Gasteiger partial charge in [0, 0.05) is 13.7 Å². The van der Waals surface area contributed by atoms with E-state index in [9.17, 15) is 0 Å². The maximum atomic E-state index is 5.22. The van der Waals surface area contributed by atoms with Crippen molar-refractivity contribution in [1.82, 2.24) is 4.90 Å². The fraction of sp³-hybridized carbons (Fsp3) is 1.00. The van der Waals surface area contributed by atoms with Crippen LogP contribution in [0.4, 0.5) is 0 Å². The quantitative estimate of drug-likeness (QED) is 0.506. The Morgan fingerprint density at radius 3 is 2.12 bits per heavy atom. The van der Waals surface area contributed by atoms with Gasteiger partial charge in [0.25, 0.3) is 0 Å². The van der Waals surface area contributed by atoms with Gasteiger partial charge >= 0.3 is 0 Å². The summed E-state index contributed by atoms with van der Waals surface area (Å²) in [5.41, 5.74) is 0. The summed E-state index contributed by atoms with van der Waals surface area (Å²) >= 11 is 0. The first-order chi connectivity index (χ1) is 7.78. The van der Waals surface area contributed by atoms with Crippen molar-refractivity contribution in [2.75, 3.05) is 33.4 Å². The van der Waals surface area contributed by atoms with Crippen LogP contribution in [0.25, 0.3) is 0 Å². The van der Waals surface area contributed by atoms with Gasteiger partial charge in [-0.25, -0.2) is 0 Å². The highest BCUT2D eigenvalue weighted by molar-refractivity contribution is 4.58. The lowest BCUT2D eigenvalue weighted by Gasteiger charge is -2.18. The number of rotatable bonds is 11. The molecule has 1 atom stereocenters. The number of hydrogen-bond donors (Lipinski definition) is 0. The summed E-state index contributed by atoms with van der Waals surface area (Å²) in [4.78, 5) is 2.51. The van der Waals surface area contributed by atoms with Crippen LogP contribution in [0.3, 0.4) is 0 Å². The van der Waals surface area contributed by atoms with E-state index < -0.39 is 0 Å². The molecule has 0 rings (SSSR count). The van der Waals surface area contributed by atoms with Crippen LogP contribution < -0.4 is 0 Å². The van der Waals surface area contributed by atoms with Gasteiger partial charge in [-0.2, -0.15) is 0 Å². The molecule has 0 fully saturated rings. The predicted octanol–water partition coefficient (Wildman–Crippen LogP) is 4.20. The highest BCUT2D eigenvalue weighted by Gasteiger charge is 2.05. The van der Waals surface area contributed by atoms with E-state index in [0.717, 1.165) is 12.5 Å². The van der Waals surface area contributed by atoms with Crippen molar-refractivity contribution in [3.63, 3.8) is 0 Å². The van der Waals surface area contributed by atoms with E-state index in [2.05, 4.69) is 25.7 Å². The van der Waals surface area contributed by atoms with Crippen molar-refractivity contribution in [1.29, 1.82) is 0 Å². The van der Waals surface area contributed by atoms with Gasteiger partial charge in [0.05, 0.1) is 0 Å². The number of unbranched alkanes of at least 4 members (excludes halogenated alkanes) is 2. The van der Waals surface area contributed by atoms with Gasteiger partial charge in [-0.15, -0.1) is 0 Å². The standard InChI is InChI=1S/C14H31NO.CH4/c1-5-14(13-16-4)11-9-8-10-12-15(6-2)7-3;/h14H,5-13H2,1-4H3;1H4. The lowest BCUT2D eigenvalue weighted by atomic mass is 9.99. The summed E-state index contributed by atoms with van der Waals surface area (Å²) in [5.74, 6) is 0.776. The molecule has 106 valence electrons. The normalized spacial score (nSPS) is 12.5. The Balaban J connectivity index is 0. The third kappa shape index (κ3) is 10.8. The van der Waals surface area contributed by atoms with Gasteiger partial charge < -0.3 is 9.64 Å². The molecule has 0 aromatic carbocycles. The SMILES string of the molecule is C.CCC(CCCCCN(CC)CC)COC. The third-order valence-corrected chi connectivity index (χ3v) is 3.46. The van der Waals surface area contributed by atoms with Gasteiger partial charge in [-0.05, 0) is 38.4 Å². The van der Waals surface area contributed by atoms with Crippen molar-refractivity contribution in [3.05, 3.63) is 0 Å². The molecular weight excluding hydrogens is 210 g/mol. The second kappa shape index (κ2) is 14.0. The molecule has 0 aromatic rings. The van der Waals surface area contributed by atoms with E-state index in [1.807, 2.05) is 7.11 Å². The largest absolute Gasteiger partial charge is 0.384 e. The van der Waals surface area contributed by atoms with Crippen molar-refractivity contribution in [3.8, 4) is 0 Å². The Morgan fingerprint density at radius 1 is 1.00 bits per heavy atom. The highest BCUT2D eigenvalue weighted by atomic mass is 16.5. The Bertz CT molecular complexity index is 135. The molecule has 0 heterocycles. The fourth-order valence-electron chi connectivity index (χ4n) is 2.13. The third-order valence-electron chi connectivity index (χ3n) is 3.46. The van der Waals surface area contributed by atoms with Crippen molar-refractivity contribution in [2.45, 2.75) is 60.3 Å². The van der Waals surface area contributed by atoms with Crippen LogP contribution >= 0.6 is 0 Å². The van der Waals surface area contributed by atoms with Gasteiger partial charge in [0.2, 0.25) is 0 Å². The van der Waals surface area contributed by atoms with E-state index in [0.29, 0.717) is 0 Å². The van der Waals surface area contributed by atoms with Crippen LogP contribution in [0.15, 0.2) is 0 Å². The average molecular weight is 245 g/mol. The number of ether oxygens (including phenoxy) is 1. The molecule has 0 saturated heterocycles. The molecule has 17 heavy (non-hydrogen) atoms. The molecule has 0 amide bonds. The molecule has 0 saturated carbocycles. The Kier molecular flexibility index (Phi) is 15.8. The smallest absolute Gasteiger partial charge is 0.0490 e. The Labute approximate surface area is 110 Å². The lowest BCUT2D eigenvalue weighted by Crippen LogP contribution is -2.23. The minimum absolute atomic E-state index is 0. The molecule has 1 unspecified atom stereocenters. The summed E-state index contributed by atoms with van der Waals surface area (Å²) < 4.78 is 5.22. The molecule has 0 bridgehead atoms. The fourth-order valence-corrected chi connectivity index (χ4v) is 2.13. The molecule has 2 heteroatoms. The highest BCUT2D eigenvalue weighted by Crippen LogP contribution is 2.13. The first kappa shape index (κ1) is 19.3. The van der Waals surface area contributed by atoms with E-state index >= 15 is 0 Å². The maximum absolute atomic E-state index is 5.22. The van der Waals surface area contributed by atoms with Crippen molar-refractivity contribution in [2.24, 2.45) is 5.92 Å². The van der Waals surface area contributed by atoms with Crippen LogP contribution in [-0.4, -0.2) is 38.3 Å². The average Bonchev–Trinajstić information content (AvgIpc) is 2.32. The van der Waals surface area contributed by atoms with Crippen LogP contribution in [0, 0.1) is 5.92 Å². The Morgan fingerprint density at radius 2 is 1.65 bits per heavy atom. The van der Waals surface area contributed by atoms with Crippen LogP contribution in [0.5, 0.6) is 0 Å². The summed E-state index contributed by atoms with van der Waals surface area (Å²) in [6, 6.07) is 0. The van der Waals surface area contributed by atoms with E-state index in [1.165, 1.54) is 51.7 Å². The summed E-state index contributed by atoms with van der Waals surface area (Å²) in [5, 5.41) is 0. The van der Waals surface area contributed by atoms with E-state index in [4.69, 9.17) is 4.74 Å². The predicted molar refractivity (Wildman–Crippen MR) is 78.6 cm³/mol. The maximum Gasteiger partial charge on any atom is 0.0490 e. The Hall–Kier alpha value is -0.0800.